The fourth-order valence-corrected chi connectivity index (χ4v) is 1.64. The Morgan fingerprint density at radius 1 is 1.40 bits per heavy atom. The summed E-state index contributed by atoms with van der Waals surface area (Å²) in [6.07, 6.45) is -0.599. The van der Waals surface area contributed by atoms with Gasteiger partial charge < -0.3 is 4.74 Å². The Balaban J connectivity index is 2.76. The maximum Gasteiger partial charge on any atom is 0.472 e. The van der Waals surface area contributed by atoms with Gasteiger partial charge in [0.2, 0.25) is 0 Å². The minimum Gasteiger partial charge on any atom is -0.373 e. The average molecular weight is 285 g/mol. The van der Waals surface area contributed by atoms with E-state index in [1.807, 2.05) is 25.1 Å². The highest BCUT2D eigenvalue weighted by Crippen LogP contribution is 2.02. The van der Waals surface area contributed by atoms with Crippen molar-refractivity contribution in [1.29, 1.82) is 5.26 Å². The van der Waals surface area contributed by atoms with Gasteiger partial charge in [-0.05, 0) is 6.92 Å². The van der Waals surface area contributed by atoms with Crippen molar-refractivity contribution in [1.82, 2.24) is 4.90 Å². The van der Waals surface area contributed by atoms with E-state index in [1.54, 1.807) is 11.5 Å². The number of nitriles is 1. The number of oxime groups is 1. The Kier molecular flexibility index (Phi) is 6.93. The van der Waals surface area contributed by atoms with Gasteiger partial charge in [0.25, 0.3) is 0 Å². The van der Waals surface area contributed by atoms with Crippen LogP contribution in [0.5, 0.6) is 0 Å². The van der Waals surface area contributed by atoms with Crippen molar-refractivity contribution < 1.29 is 23.9 Å². The quantitative estimate of drug-likeness (QED) is 0.234. The standard InChI is InChI=1S/C12H21N4O4/c1-10(20-17-4)11(9-13)14-19-12(15(2)3)16-5-7-18-8-6-16/h10H,5-8H2,1-4H3/q+1/b14-11+. The first kappa shape index (κ1) is 16.4. The summed E-state index contributed by atoms with van der Waals surface area (Å²) in [7, 11) is 5.07. The zero-order chi connectivity index (χ0) is 15.0. The molecule has 0 saturated carbocycles. The number of morpholine rings is 1. The molecule has 0 N–H and O–H groups in total. The van der Waals surface area contributed by atoms with Gasteiger partial charge in [0.05, 0.1) is 34.4 Å². The summed E-state index contributed by atoms with van der Waals surface area (Å²) in [5, 5.41) is 12.9. The van der Waals surface area contributed by atoms with Crippen LogP contribution in [0.15, 0.2) is 5.16 Å². The second-order valence-corrected chi connectivity index (χ2v) is 4.36. The normalized spacial score (nSPS) is 17.4. The highest BCUT2D eigenvalue weighted by molar-refractivity contribution is 6.01. The summed E-state index contributed by atoms with van der Waals surface area (Å²) in [5.74, 6) is 0. The number of rotatable bonds is 4. The van der Waals surface area contributed by atoms with Gasteiger partial charge in [-0.15, -0.1) is 0 Å². The molecule has 0 spiro atoms. The van der Waals surface area contributed by atoms with Crippen molar-refractivity contribution in [2.45, 2.75) is 13.0 Å². The molecule has 0 aromatic heterocycles. The lowest BCUT2D eigenvalue weighted by Gasteiger charge is -2.22. The van der Waals surface area contributed by atoms with Crippen LogP contribution in [0.3, 0.4) is 0 Å². The van der Waals surface area contributed by atoms with Crippen LogP contribution in [0.2, 0.25) is 0 Å². The smallest absolute Gasteiger partial charge is 0.373 e. The maximum atomic E-state index is 9.03. The lowest BCUT2D eigenvalue weighted by atomic mass is 10.3. The van der Waals surface area contributed by atoms with Crippen LogP contribution in [0.1, 0.15) is 6.92 Å². The number of hydrogen-bond donors (Lipinski definition) is 0. The van der Waals surface area contributed by atoms with Gasteiger partial charge in [-0.2, -0.15) is 5.26 Å². The molecule has 0 aliphatic carbocycles. The van der Waals surface area contributed by atoms with Crippen LogP contribution in [-0.4, -0.2) is 74.8 Å². The van der Waals surface area contributed by atoms with Crippen molar-refractivity contribution in [3.8, 4) is 6.07 Å². The van der Waals surface area contributed by atoms with E-state index in [4.69, 9.17) is 19.7 Å². The van der Waals surface area contributed by atoms with Crippen LogP contribution in [0.25, 0.3) is 0 Å². The van der Waals surface area contributed by atoms with E-state index >= 15 is 0 Å². The van der Waals surface area contributed by atoms with Gasteiger partial charge in [0, 0.05) is 0 Å². The number of hydrogen-bond acceptors (Lipinski definition) is 6. The minimum atomic E-state index is -0.599. The fourth-order valence-electron chi connectivity index (χ4n) is 1.64. The monoisotopic (exact) mass is 285 g/mol. The molecule has 1 atom stereocenters. The molecule has 0 amide bonds. The van der Waals surface area contributed by atoms with E-state index in [-0.39, 0.29) is 5.71 Å². The molecule has 1 fully saturated rings. The topological polar surface area (TPSA) is 79.3 Å². The molecule has 0 aromatic carbocycles. The van der Waals surface area contributed by atoms with Gasteiger partial charge in [-0.1, -0.05) is 5.16 Å². The van der Waals surface area contributed by atoms with Gasteiger partial charge >= 0.3 is 6.02 Å². The molecule has 112 valence electrons. The molecule has 0 radical (unpaired) electrons. The second-order valence-electron chi connectivity index (χ2n) is 4.36. The van der Waals surface area contributed by atoms with Crippen LogP contribution in [0.4, 0.5) is 0 Å². The molecule has 1 saturated heterocycles. The molecule has 1 rings (SSSR count). The molecule has 8 nitrogen and oxygen atoms in total. The summed E-state index contributed by atoms with van der Waals surface area (Å²) < 4.78 is 7.09. The Morgan fingerprint density at radius 2 is 2.05 bits per heavy atom. The highest BCUT2D eigenvalue weighted by atomic mass is 17.2. The van der Waals surface area contributed by atoms with Crippen LogP contribution >= 0.6 is 0 Å². The fraction of sp³-hybridized carbons (Fsp3) is 0.750. The molecule has 1 heterocycles. The molecule has 8 heteroatoms. The Hall–Kier alpha value is -1.69. The van der Waals surface area contributed by atoms with Gasteiger partial charge in [-0.3, -0.25) is 4.84 Å². The SMILES string of the molecule is COOC(C)/C(C#N)=N/OC(N1CCOCC1)=[N+](C)C. The largest absolute Gasteiger partial charge is 0.472 e. The first-order valence-corrected chi connectivity index (χ1v) is 6.31. The first-order valence-electron chi connectivity index (χ1n) is 6.31. The molecule has 1 unspecified atom stereocenters. The molecule has 1 aliphatic heterocycles. The van der Waals surface area contributed by atoms with Crippen molar-refractivity contribution in [2.24, 2.45) is 5.16 Å². The predicted molar refractivity (Wildman–Crippen MR) is 71.2 cm³/mol. The molecule has 0 bridgehead atoms. The lowest BCUT2D eigenvalue weighted by molar-refractivity contribution is -0.481. The zero-order valence-corrected chi connectivity index (χ0v) is 12.3. The minimum absolute atomic E-state index is 0.0967. The van der Waals surface area contributed by atoms with Gasteiger partial charge in [0.1, 0.15) is 25.3 Å². The van der Waals surface area contributed by atoms with E-state index in [0.29, 0.717) is 19.2 Å². The Morgan fingerprint density at radius 3 is 2.55 bits per heavy atom. The lowest BCUT2D eigenvalue weighted by Crippen LogP contribution is -2.44. The highest BCUT2D eigenvalue weighted by Gasteiger charge is 2.26. The van der Waals surface area contributed by atoms with E-state index < -0.39 is 6.10 Å². The third-order valence-electron chi connectivity index (χ3n) is 2.63. The third kappa shape index (κ3) is 4.77. The van der Waals surface area contributed by atoms with E-state index in [2.05, 4.69) is 10.0 Å². The summed E-state index contributed by atoms with van der Waals surface area (Å²) in [6, 6.07) is 2.49. The second kappa shape index (κ2) is 8.47. The predicted octanol–water partition coefficient (Wildman–Crippen LogP) is -0.191. The number of ether oxygens (including phenoxy) is 1. The third-order valence-corrected chi connectivity index (χ3v) is 2.63. The molecule has 20 heavy (non-hydrogen) atoms. The zero-order valence-electron chi connectivity index (χ0n) is 12.3. The van der Waals surface area contributed by atoms with Gasteiger partial charge in [-0.25, -0.2) is 19.3 Å². The molecular formula is C12H21N4O4+. The van der Waals surface area contributed by atoms with Crippen molar-refractivity contribution in [2.75, 3.05) is 47.5 Å². The van der Waals surface area contributed by atoms with Crippen molar-refractivity contribution in [3.63, 3.8) is 0 Å². The summed E-state index contributed by atoms with van der Waals surface area (Å²) in [4.78, 5) is 16.8. The summed E-state index contributed by atoms with van der Waals surface area (Å²) in [6.45, 7) is 4.36. The van der Waals surface area contributed by atoms with Crippen molar-refractivity contribution >= 4 is 11.7 Å². The summed E-state index contributed by atoms with van der Waals surface area (Å²) >= 11 is 0. The molecular weight excluding hydrogens is 264 g/mol. The molecule has 0 aromatic rings. The van der Waals surface area contributed by atoms with Crippen LogP contribution in [0, 0.1) is 11.3 Å². The number of nitrogens with zero attached hydrogens (tertiary/aromatic N) is 4. The van der Waals surface area contributed by atoms with E-state index in [0.717, 1.165) is 13.1 Å². The first-order chi connectivity index (χ1) is 9.60. The number of amidine groups is 1. The Labute approximate surface area is 118 Å². The van der Waals surface area contributed by atoms with E-state index in [1.165, 1.54) is 7.11 Å². The van der Waals surface area contributed by atoms with Crippen molar-refractivity contribution in [3.05, 3.63) is 0 Å². The van der Waals surface area contributed by atoms with Crippen LogP contribution < -0.4 is 0 Å². The van der Waals surface area contributed by atoms with Gasteiger partial charge in [0.15, 0.2) is 5.71 Å². The molecule has 1 aliphatic rings. The Bertz CT molecular complexity index is 406. The maximum absolute atomic E-state index is 9.03. The summed E-state index contributed by atoms with van der Waals surface area (Å²) in [5.41, 5.74) is 0.0967. The average Bonchev–Trinajstić information content (AvgIpc) is 2.44. The van der Waals surface area contributed by atoms with E-state index in [9.17, 15) is 0 Å². The van der Waals surface area contributed by atoms with Crippen LogP contribution in [-0.2, 0) is 19.3 Å².